The summed E-state index contributed by atoms with van der Waals surface area (Å²) in [6, 6.07) is 5.58. The van der Waals surface area contributed by atoms with Crippen LogP contribution in [0.15, 0.2) is 24.4 Å². The molecule has 0 aliphatic heterocycles. The molecule has 0 bridgehead atoms. The van der Waals surface area contributed by atoms with E-state index in [1.807, 2.05) is 18.2 Å². The van der Waals surface area contributed by atoms with Gasteiger partial charge < -0.3 is 15.7 Å². The lowest BCUT2D eigenvalue weighted by atomic mass is 9.92. The molecule has 1 aromatic heterocycles. The van der Waals surface area contributed by atoms with E-state index in [0.29, 0.717) is 24.3 Å². The maximum Gasteiger partial charge on any atom is 0.314 e. The molecule has 0 spiro atoms. The third-order valence-electron chi connectivity index (χ3n) is 4.75. The number of urea groups is 1. The Hall–Kier alpha value is -1.62. The minimum Gasteiger partial charge on any atom is -0.396 e. The second-order valence-electron chi connectivity index (χ2n) is 6.65. The Morgan fingerprint density at radius 2 is 2.14 bits per heavy atom. The minimum atomic E-state index is -0.147. The largest absolute Gasteiger partial charge is 0.396 e. The van der Waals surface area contributed by atoms with Gasteiger partial charge in [-0.15, -0.1) is 0 Å². The molecule has 3 N–H and O–H groups in total. The fourth-order valence-electron chi connectivity index (χ4n) is 2.69. The SMILES string of the molecule is CC(C)C1(CNC(=O)NCC(CO)Cc2ccccn2)CC1. The lowest BCUT2D eigenvalue weighted by Gasteiger charge is -2.21. The molecule has 0 saturated heterocycles. The number of hydrogen-bond donors (Lipinski definition) is 3. The number of aliphatic hydroxyl groups is 1. The van der Waals surface area contributed by atoms with Crippen molar-refractivity contribution in [2.24, 2.45) is 17.3 Å². The van der Waals surface area contributed by atoms with E-state index >= 15 is 0 Å². The fraction of sp³-hybridized carbons (Fsp3) is 0.647. The van der Waals surface area contributed by atoms with Crippen LogP contribution in [0.3, 0.4) is 0 Å². The molecule has 1 aromatic rings. The number of hydrogen-bond acceptors (Lipinski definition) is 3. The van der Waals surface area contributed by atoms with Crippen LogP contribution in [0.2, 0.25) is 0 Å². The summed E-state index contributed by atoms with van der Waals surface area (Å²) in [5, 5.41) is 15.3. The smallest absolute Gasteiger partial charge is 0.314 e. The van der Waals surface area contributed by atoms with Crippen LogP contribution in [-0.4, -0.2) is 35.8 Å². The first kappa shape index (κ1) is 16.7. The van der Waals surface area contributed by atoms with Crippen LogP contribution >= 0.6 is 0 Å². The summed E-state index contributed by atoms with van der Waals surface area (Å²) < 4.78 is 0. The van der Waals surface area contributed by atoms with E-state index in [-0.39, 0.29) is 18.6 Å². The number of carbonyl (C=O) groups excluding carboxylic acids is 1. The standard InChI is InChI=1S/C17H27N3O2/c1-13(2)17(6-7-17)12-20-16(22)19-10-14(11-21)9-15-5-3-4-8-18-15/h3-5,8,13-14,21H,6-7,9-12H2,1-2H3,(H2,19,20,22). The van der Waals surface area contributed by atoms with Gasteiger partial charge in [-0.1, -0.05) is 19.9 Å². The van der Waals surface area contributed by atoms with E-state index < -0.39 is 0 Å². The molecule has 5 nitrogen and oxygen atoms in total. The molecular formula is C17H27N3O2. The van der Waals surface area contributed by atoms with Crippen LogP contribution in [0, 0.1) is 17.3 Å². The normalized spacial score (nSPS) is 17.1. The van der Waals surface area contributed by atoms with E-state index in [2.05, 4.69) is 29.5 Å². The number of aliphatic hydroxyl groups excluding tert-OH is 1. The van der Waals surface area contributed by atoms with Gasteiger partial charge in [0.05, 0.1) is 0 Å². The van der Waals surface area contributed by atoms with Crippen molar-refractivity contribution in [2.75, 3.05) is 19.7 Å². The quantitative estimate of drug-likeness (QED) is 0.687. The monoisotopic (exact) mass is 305 g/mol. The van der Waals surface area contributed by atoms with Crippen molar-refractivity contribution in [3.05, 3.63) is 30.1 Å². The molecule has 5 heteroatoms. The molecule has 0 radical (unpaired) electrons. The van der Waals surface area contributed by atoms with E-state index in [1.165, 1.54) is 12.8 Å². The van der Waals surface area contributed by atoms with Crippen molar-refractivity contribution in [3.63, 3.8) is 0 Å². The third-order valence-corrected chi connectivity index (χ3v) is 4.75. The highest BCUT2D eigenvalue weighted by Crippen LogP contribution is 2.51. The van der Waals surface area contributed by atoms with Gasteiger partial charge in [-0.3, -0.25) is 4.98 Å². The lowest BCUT2D eigenvalue weighted by Crippen LogP contribution is -2.42. The first-order valence-corrected chi connectivity index (χ1v) is 8.08. The van der Waals surface area contributed by atoms with Crippen molar-refractivity contribution >= 4 is 6.03 Å². The molecule has 122 valence electrons. The summed E-state index contributed by atoms with van der Waals surface area (Å²) in [4.78, 5) is 16.1. The Balaban J connectivity index is 1.70. The minimum absolute atomic E-state index is 0.0133. The number of nitrogens with one attached hydrogen (secondary N) is 2. The average Bonchev–Trinajstić information content (AvgIpc) is 3.31. The molecule has 2 rings (SSSR count). The summed E-state index contributed by atoms with van der Waals surface area (Å²) >= 11 is 0. The van der Waals surface area contributed by atoms with Gasteiger partial charge in [-0.2, -0.15) is 0 Å². The van der Waals surface area contributed by atoms with Crippen molar-refractivity contribution in [3.8, 4) is 0 Å². The molecule has 1 fully saturated rings. The first-order valence-electron chi connectivity index (χ1n) is 8.08. The van der Waals surface area contributed by atoms with Gasteiger partial charge in [0.25, 0.3) is 0 Å². The highest BCUT2D eigenvalue weighted by atomic mass is 16.3. The van der Waals surface area contributed by atoms with Crippen molar-refractivity contribution in [1.82, 2.24) is 15.6 Å². The van der Waals surface area contributed by atoms with Gasteiger partial charge in [-0.25, -0.2) is 4.79 Å². The Bertz CT molecular complexity index is 472. The predicted octanol–water partition coefficient (Wildman–Crippen LogP) is 1.97. The molecule has 0 aromatic carbocycles. The molecule has 1 unspecified atom stereocenters. The maximum atomic E-state index is 11.9. The fourth-order valence-corrected chi connectivity index (χ4v) is 2.69. The third kappa shape index (κ3) is 4.70. The van der Waals surface area contributed by atoms with Gasteiger partial charge in [-0.05, 0) is 42.7 Å². The second kappa shape index (κ2) is 7.58. The van der Waals surface area contributed by atoms with Gasteiger partial charge in [0.15, 0.2) is 0 Å². The summed E-state index contributed by atoms with van der Waals surface area (Å²) in [5.41, 5.74) is 1.24. The maximum absolute atomic E-state index is 11.9. The average molecular weight is 305 g/mol. The number of rotatable bonds is 8. The summed E-state index contributed by atoms with van der Waals surface area (Å²) in [7, 11) is 0. The van der Waals surface area contributed by atoms with Crippen molar-refractivity contribution < 1.29 is 9.90 Å². The number of aromatic nitrogens is 1. The van der Waals surface area contributed by atoms with E-state index in [0.717, 1.165) is 12.2 Å². The topological polar surface area (TPSA) is 74.2 Å². The van der Waals surface area contributed by atoms with Crippen LogP contribution < -0.4 is 10.6 Å². The predicted molar refractivity (Wildman–Crippen MR) is 86.4 cm³/mol. The highest BCUT2D eigenvalue weighted by molar-refractivity contribution is 5.73. The Morgan fingerprint density at radius 3 is 2.68 bits per heavy atom. The van der Waals surface area contributed by atoms with Gasteiger partial charge in [0, 0.05) is 37.5 Å². The summed E-state index contributed by atoms with van der Waals surface area (Å²) in [5.74, 6) is 0.586. The van der Waals surface area contributed by atoms with Gasteiger partial charge in [0.2, 0.25) is 0 Å². The lowest BCUT2D eigenvalue weighted by molar-refractivity contribution is 0.211. The Labute approximate surface area is 132 Å². The Kier molecular flexibility index (Phi) is 5.77. The molecule has 1 saturated carbocycles. The van der Waals surface area contributed by atoms with Crippen molar-refractivity contribution in [1.29, 1.82) is 0 Å². The van der Waals surface area contributed by atoms with Crippen LogP contribution in [-0.2, 0) is 6.42 Å². The Morgan fingerprint density at radius 1 is 1.36 bits per heavy atom. The molecule has 1 aliphatic carbocycles. The molecule has 22 heavy (non-hydrogen) atoms. The zero-order chi connectivity index (χ0) is 16.0. The molecule has 1 atom stereocenters. The van der Waals surface area contributed by atoms with Crippen LogP contribution in [0.25, 0.3) is 0 Å². The van der Waals surface area contributed by atoms with Crippen molar-refractivity contribution in [2.45, 2.75) is 33.1 Å². The van der Waals surface area contributed by atoms with Gasteiger partial charge >= 0.3 is 6.03 Å². The van der Waals surface area contributed by atoms with E-state index in [1.54, 1.807) is 6.20 Å². The summed E-state index contributed by atoms with van der Waals surface area (Å²) in [6.07, 6.45) is 4.80. The molecule has 1 heterocycles. The van der Waals surface area contributed by atoms with Crippen LogP contribution in [0.4, 0.5) is 4.79 Å². The molecule has 1 aliphatic rings. The highest BCUT2D eigenvalue weighted by Gasteiger charge is 2.45. The van der Waals surface area contributed by atoms with Gasteiger partial charge in [0.1, 0.15) is 0 Å². The molecule has 2 amide bonds. The first-order chi connectivity index (χ1) is 10.6. The number of carbonyl (C=O) groups is 1. The van der Waals surface area contributed by atoms with E-state index in [4.69, 9.17) is 0 Å². The number of pyridine rings is 1. The molecular weight excluding hydrogens is 278 g/mol. The van der Waals surface area contributed by atoms with Crippen LogP contribution in [0.1, 0.15) is 32.4 Å². The van der Waals surface area contributed by atoms with Crippen LogP contribution in [0.5, 0.6) is 0 Å². The second-order valence-corrected chi connectivity index (χ2v) is 6.65. The zero-order valence-corrected chi connectivity index (χ0v) is 13.5. The number of nitrogens with zero attached hydrogens (tertiary/aromatic N) is 1. The number of amides is 2. The van der Waals surface area contributed by atoms with E-state index in [9.17, 15) is 9.90 Å². The summed E-state index contributed by atoms with van der Waals surface area (Å²) in [6.45, 7) is 5.64. The zero-order valence-electron chi connectivity index (χ0n) is 13.5.